The Morgan fingerprint density at radius 1 is 1.41 bits per heavy atom. The van der Waals surface area contributed by atoms with Crippen molar-refractivity contribution in [3.8, 4) is 0 Å². The fraction of sp³-hybridized carbons (Fsp3) is 0.273. The van der Waals surface area contributed by atoms with Crippen molar-refractivity contribution in [1.29, 1.82) is 0 Å². The van der Waals surface area contributed by atoms with Crippen molar-refractivity contribution in [3.63, 3.8) is 0 Å². The van der Waals surface area contributed by atoms with E-state index < -0.39 is 11.9 Å². The number of rotatable bonds is 3. The van der Waals surface area contributed by atoms with Gasteiger partial charge >= 0.3 is 6.09 Å². The molecule has 0 aliphatic rings. The van der Waals surface area contributed by atoms with Crippen LogP contribution in [0.25, 0.3) is 0 Å². The van der Waals surface area contributed by atoms with Crippen LogP contribution < -0.4 is 10.6 Å². The molecular formula is C11H13FN2O3. The predicted molar refractivity (Wildman–Crippen MR) is 59.9 cm³/mol. The van der Waals surface area contributed by atoms with Crippen LogP contribution in [0.1, 0.15) is 12.5 Å². The first-order valence-electron chi connectivity index (χ1n) is 4.93. The largest absolute Gasteiger partial charge is 0.445 e. The molecule has 1 rings (SSSR count). The molecule has 0 spiro atoms. The van der Waals surface area contributed by atoms with Crippen molar-refractivity contribution in [3.05, 3.63) is 29.6 Å². The minimum absolute atomic E-state index is 0.0308. The number of carbonyl (C=O) groups excluding carboxylic acids is 2. The smallest absolute Gasteiger partial charge is 0.407 e. The van der Waals surface area contributed by atoms with Gasteiger partial charge in [0.15, 0.2) is 0 Å². The van der Waals surface area contributed by atoms with Crippen molar-refractivity contribution in [1.82, 2.24) is 5.32 Å². The van der Waals surface area contributed by atoms with E-state index in [1.165, 1.54) is 26.1 Å². The first kappa shape index (κ1) is 13.0. The molecule has 0 aliphatic heterocycles. The van der Waals surface area contributed by atoms with E-state index in [0.717, 1.165) is 0 Å². The van der Waals surface area contributed by atoms with E-state index >= 15 is 0 Å². The molecule has 1 aromatic carbocycles. The number of halogens is 1. The summed E-state index contributed by atoms with van der Waals surface area (Å²) in [4.78, 5) is 21.5. The third-order valence-corrected chi connectivity index (χ3v) is 1.92. The molecule has 5 nitrogen and oxygen atoms in total. The minimum atomic E-state index is -0.587. The van der Waals surface area contributed by atoms with Gasteiger partial charge in [0, 0.05) is 14.0 Å². The maximum atomic E-state index is 13.4. The number of carbonyl (C=O) groups is 2. The van der Waals surface area contributed by atoms with Crippen LogP contribution >= 0.6 is 0 Å². The van der Waals surface area contributed by atoms with Gasteiger partial charge in [-0.05, 0) is 17.7 Å². The summed E-state index contributed by atoms with van der Waals surface area (Å²) in [6, 6.07) is 4.19. The van der Waals surface area contributed by atoms with Crippen molar-refractivity contribution >= 4 is 17.7 Å². The summed E-state index contributed by atoms with van der Waals surface area (Å²) in [6.45, 7) is 1.26. The van der Waals surface area contributed by atoms with Gasteiger partial charge in [0.25, 0.3) is 0 Å². The number of hydrogen-bond donors (Lipinski definition) is 2. The van der Waals surface area contributed by atoms with Crippen molar-refractivity contribution in [2.75, 3.05) is 12.4 Å². The Morgan fingerprint density at radius 2 is 2.12 bits per heavy atom. The maximum absolute atomic E-state index is 13.4. The molecule has 17 heavy (non-hydrogen) atoms. The lowest BCUT2D eigenvalue weighted by Gasteiger charge is -2.07. The zero-order valence-electron chi connectivity index (χ0n) is 9.54. The van der Waals surface area contributed by atoms with Crippen LogP contribution in [0.2, 0.25) is 0 Å². The summed E-state index contributed by atoms with van der Waals surface area (Å²) >= 11 is 0. The second-order valence-corrected chi connectivity index (χ2v) is 3.32. The number of ether oxygens (including phenoxy) is 1. The quantitative estimate of drug-likeness (QED) is 0.844. The van der Waals surface area contributed by atoms with Crippen LogP contribution in [-0.2, 0) is 16.1 Å². The lowest BCUT2D eigenvalue weighted by molar-refractivity contribution is -0.114. The molecule has 0 unspecified atom stereocenters. The average Bonchev–Trinajstić information content (AvgIpc) is 2.28. The van der Waals surface area contributed by atoms with Crippen molar-refractivity contribution in [2.24, 2.45) is 0 Å². The van der Waals surface area contributed by atoms with Gasteiger partial charge in [-0.3, -0.25) is 4.79 Å². The van der Waals surface area contributed by atoms with E-state index in [2.05, 4.69) is 10.6 Å². The van der Waals surface area contributed by atoms with Gasteiger partial charge in [0.05, 0.1) is 5.69 Å². The molecular weight excluding hydrogens is 227 g/mol. The summed E-state index contributed by atoms with van der Waals surface area (Å²) in [6.07, 6.45) is -0.587. The number of anilines is 1. The topological polar surface area (TPSA) is 67.4 Å². The summed E-state index contributed by atoms with van der Waals surface area (Å²) in [7, 11) is 1.43. The fourth-order valence-corrected chi connectivity index (χ4v) is 1.16. The Kier molecular flexibility index (Phi) is 4.45. The number of amides is 2. The molecule has 0 saturated heterocycles. The molecule has 0 heterocycles. The number of benzene rings is 1. The highest BCUT2D eigenvalue weighted by Crippen LogP contribution is 2.16. The standard InChI is InChI=1S/C11H13FN2O3/c1-7(15)14-10-4-3-8(5-9(10)12)6-17-11(16)13-2/h3-5H,6H2,1-2H3,(H,13,16)(H,14,15). The summed E-state index contributed by atoms with van der Waals surface area (Å²) in [5.74, 6) is -0.920. The molecule has 1 aromatic rings. The van der Waals surface area contributed by atoms with Crippen molar-refractivity contribution in [2.45, 2.75) is 13.5 Å². The molecule has 0 bridgehead atoms. The highest BCUT2D eigenvalue weighted by Gasteiger charge is 2.06. The van der Waals surface area contributed by atoms with Gasteiger partial charge < -0.3 is 15.4 Å². The zero-order valence-corrected chi connectivity index (χ0v) is 9.54. The normalized spacial score (nSPS) is 9.59. The van der Waals surface area contributed by atoms with E-state index in [1.807, 2.05) is 0 Å². The Morgan fingerprint density at radius 3 is 2.65 bits per heavy atom. The van der Waals surface area contributed by atoms with Gasteiger partial charge in [0.1, 0.15) is 12.4 Å². The number of hydrogen-bond acceptors (Lipinski definition) is 3. The Balaban J connectivity index is 2.68. The van der Waals surface area contributed by atoms with E-state index in [4.69, 9.17) is 4.74 Å². The Hall–Kier alpha value is -2.11. The van der Waals surface area contributed by atoms with E-state index in [9.17, 15) is 14.0 Å². The van der Waals surface area contributed by atoms with Crippen molar-refractivity contribution < 1.29 is 18.7 Å². The van der Waals surface area contributed by atoms with E-state index in [0.29, 0.717) is 5.56 Å². The van der Waals surface area contributed by atoms with Crippen LogP contribution in [-0.4, -0.2) is 19.0 Å². The average molecular weight is 240 g/mol. The van der Waals surface area contributed by atoms with Crippen LogP contribution in [0.3, 0.4) is 0 Å². The lowest BCUT2D eigenvalue weighted by Crippen LogP contribution is -2.18. The number of nitrogens with one attached hydrogen (secondary N) is 2. The molecule has 0 saturated carbocycles. The van der Waals surface area contributed by atoms with E-state index in [-0.39, 0.29) is 18.2 Å². The monoisotopic (exact) mass is 240 g/mol. The first-order chi connectivity index (χ1) is 8.02. The maximum Gasteiger partial charge on any atom is 0.407 e. The third-order valence-electron chi connectivity index (χ3n) is 1.92. The molecule has 0 atom stereocenters. The lowest BCUT2D eigenvalue weighted by atomic mass is 10.2. The molecule has 2 amide bonds. The zero-order chi connectivity index (χ0) is 12.8. The minimum Gasteiger partial charge on any atom is -0.445 e. The van der Waals surface area contributed by atoms with Crippen LogP contribution in [0.15, 0.2) is 18.2 Å². The summed E-state index contributed by atoms with van der Waals surface area (Å²) in [5, 5.41) is 4.62. The van der Waals surface area contributed by atoms with Gasteiger partial charge in [-0.2, -0.15) is 0 Å². The SMILES string of the molecule is CNC(=O)OCc1ccc(NC(C)=O)c(F)c1. The van der Waals surface area contributed by atoms with Crippen LogP contribution in [0.5, 0.6) is 0 Å². The Bertz CT molecular complexity index is 435. The fourth-order valence-electron chi connectivity index (χ4n) is 1.16. The molecule has 0 aromatic heterocycles. The predicted octanol–water partition coefficient (Wildman–Crippen LogP) is 1.64. The Labute approximate surface area is 98.0 Å². The van der Waals surface area contributed by atoms with Crippen LogP contribution in [0, 0.1) is 5.82 Å². The third kappa shape index (κ3) is 4.10. The molecule has 6 heteroatoms. The first-order valence-corrected chi connectivity index (χ1v) is 4.93. The molecule has 0 aliphatic carbocycles. The number of alkyl carbamates (subject to hydrolysis) is 1. The molecule has 0 radical (unpaired) electrons. The second kappa shape index (κ2) is 5.83. The molecule has 2 N–H and O–H groups in total. The second-order valence-electron chi connectivity index (χ2n) is 3.32. The molecule has 0 fully saturated rings. The summed E-state index contributed by atoms with van der Waals surface area (Å²) < 4.78 is 18.2. The highest BCUT2D eigenvalue weighted by molar-refractivity contribution is 5.88. The summed E-state index contributed by atoms with van der Waals surface area (Å²) in [5.41, 5.74) is 0.599. The van der Waals surface area contributed by atoms with Gasteiger partial charge in [-0.15, -0.1) is 0 Å². The van der Waals surface area contributed by atoms with Crippen LogP contribution in [0.4, 0.5) is 14.9 Å². The van der Waals surface area contributed by atoms with Gasteiger partial charge in [-0.1, -0.05) is 6.07 Å². The van der Waals surface area contributed by atoms with E-state index in [1.54, 1.807) is 6.07 Å². The van der Waals surface area contributed by atoms with Gasteiger partial charge in [0.2, 0.25) is 5.91 Å². The molecule has 92 valence electrons. The van der Waals surface area contributed by atoms with Gasteiger partial charge in [-0.25, -0.2) is 9.18 Å². The highest BCUT2D eigenvalue weighted by atomic mass is 19.1.